The van der Waals surface area contributed by atoms with Gasteiger partial charge < -0.3 is 5.32 Å². The maximum absolute atomic E-state index is 13.0. The number of carbonyl (C=O) groups is 1. The lowest BCUT2D eigenvalue weighted by atomic mass is 10.00. The zero-order valence-electron chi connectivity index (χ0n) is 14.3. The number of rotatable bonds is 5. The summed E-state index contributed by atoms with van der Waals surface area (Å²) in [6.45, 7) is 0.673. The van der Waals surface area contributed by atoms with Crippen molar-refractivity contribution in [2.45, 2.75) is 6.42 Å². The van der Waals surface area contributed by atoms with E-state index >= 15 is 0 Å². The molecule has 4 rings (SSSR count). The molecule has 0 fully saturated rings. The standard InChI is InChI=1S/C18H16ClN3O4S/c1-20-7-6-11-13-8-15(21-27(24,25)26)14(19)9-16(13)22-17(11)10-4-2-3-5-12(10)18(22)23/h2-5,8-9,20-21H,6-7H2,1H3,(H,24,25,26). The maximum atomic E-state index is 13.0. The summed E-state index contributed by atoms with van der Waals surface area (Å²) in [5.74, 6) is -0.145. The molecule has 7 nitrogen and oxygen atoms in total. The topological polar surface area (TPSA) is 100 Å². The zero-order chi connectivity index (χ0) is 19.3. The molecule has 27 heavy (non-hydrogen) atoms. The predicted molar refractivity (Wildman–Crippen MR) is 105 cm³/mol. The van der Waals surface area contributed by atoms with Crippen LogP contribution in [0.25, 0.3) is 22.2 Å². The minimum absolute atomic E-state index is 0.0578. The Morgan fingerprint density at radius 3 is 2.56 bits per heavy atom. The van der Waals surface area contributed by atoms with Crippen LogP contribution in [0.1, 0.15) is 15.9 Å². The van der Waals surface area contributed by atoms with Crippen molar-refractivity contribution in [3.63, 3.8) is 0 Å². The van der Waals surface area contributed by atoms with E-state index in [1.807, 2.05) is 30.0 Å². The highest BCUT2D eigenvalue weighted by molar-refractivity contribution is 7.87. The third-order valence-corrected chi connectivity index (χ3v) is 5.43. The SMILES string of the molecule is CNCCc1c2n(c3cc(Cl)c(NS(=O)(=O)O)cc13)C(=O)c1ccccc1-2. The highest BCUT2D eigenvalue weighted by atomic mass is 35.5. The summed E-state index contributed by atoms with van der Waals surface area (Å²) in [4.78, 5) is 13.0. The number of nitrogens with one attached hydrogen (secondary N) is 2. The van der Waals surface area contributed by atoms with Crippen LogP contribution in [0.2, 0.25) is 5.02 Å². The van der Waals surface area contributed by atoms with Gasteiger partial charge in [0.15, 0.2) is 0 Å². The minimum Gasteiger partial charge on any atom is -0.319 e. The Hall–Kier alpha value is -2.39. The molecule has 1 aliphatic heterocycles. The van der Waals surface area contributed by atoms with Gasteiger partial charge in [0.25, 0.3) is 5.91 Å². The average molecular weight is 406 g/mol. The molecule has 0 saturated carbocycles. The van der Waals surface area contributed by atoms with Gasteiger partial charge in [0.1, 0.15) is 0 Å². The number of anilines is 1. The van der Waals surface area contributed by atoms with Crippen LogP contribution in [0.4, 0.5) is 5.69 Å². The van der Waals surface area contributed by atoms with E-state index in [2.05, 4.69) is 5.32 Å². The Bertz CT molecular complexity index is 1200. The molecule has 0 saturated heterocycles. The number of fused-ring (bicyclic) bond motifs is 5. The number of aromatic nitrogens is 1. The van der Waals surface area contributed by atoms with Crippen LogP contribution >= 0.6 is 11.6 Å². The van der Waals surface area contributed by atoms with Crippen LogP contribution < -0.4 is 10.0 Å². The van der Waals surface area contributed by atoms with Crippen molar-refractivity contribution in [3.8, 4) is 11.3 Å². The summed E-state index contributed by atoms with van der Waals surface area (Å²) in [5.41, 5.74) is 3.82. The molecule has 140 valence electrons. The molecule has 2 aromatic carbocycles. The average Bonchev–Trinajstić information content (AvgIpc) is 3.06. The van der Waals surface area contributed by atoms with Crippen molar-refractivity contribution in [1.29, 1.82) is 0 Å². The molecule has 2 heterocycles. The van der Waals surface area contributed by atoms with Crippen LogP contribution in [0.3, 0.4) is 0 Å². The monoisotopic (exact) mass is 405 g/mol. The normalized spacial score (nSPS) is 13.1. The van der Waals surface area contributed by atoms with E-state index in [4.69, 9.17) is 16.2 Å². The van der Waals surface area contributed by atoms with Crippen molar-refractivity contribution in [2.75, 3.05) is 18.3 Å². The van der Waals surface area contributed by atoms with Crippen molar-refractivity contribution >= 4 is 44.4 Å². The molecular weight excluding hydrogens is 390 g/mol. The van der Waals surface area contributed by atoms with Crippen molar-refractivity contribution in [1.82, 2.24) is 9.88 Å². The number of hydrogen-bond donors (Lipinski definition) is 3. The molecule has 9 heteroatoms. The predicted octanol–water partition coefficient (Wildman–Crippen LogP) is 2.94. The molecule has 3 aromatic rings. The summed E-state index contributed by atoms with van der Waals surface area (Å²) < 4.78 is 35.2. The summed E-state index contributed by atoms with van der Waals surface area (Å²) in [7, 11) is -2.64. The van der Waals surface area contributed by atoms with Crippen LogP contribution in [-0.2, 0) is 16.7 Å². The Kier molecular flexibility index (Phi) is 4.23. The van der Waals surface area contributed by atoms with Crippen molar-refractivity contribution in [2.24, 2.45) is 0 Å². The van der Waals surface area contributed by atoms with Gasteiger partial charge in [0.2, 0.25) is 0 Å². The van der Waals surface area contributed by atoms with Gasteiger partial charge in [-0.05, 0) is 43.8 Å². The van der Waals surface area contributed by atoms with Gasteiger partial charge in [-0.3, -0.25) is 18.6 Å². The van der Waals surface area contributed by atoms with E-state index in [0.717, 1.165) is 16.8 Å². The Labute approximate surface area is 160 Å². The molecule has 1 aromatic heterocycles. The van der Waals surface area contributed by atoms with E-state index in [-0.39, 0.29) is 16.6 Å². The summed E-state index contributed by atoms with van der Waals surface area (Å²) in [5, 5.41) is 3.88. The first kappa shape index (κ1) is 18.0. The molecule has 1 aliphatic rings. The molecule has 0 amide bonds. The molecular formula is C18H16ClN3O4S. The first-order valence-electron chi connectivity index (χ1n) is 8.22. The second kappa shape index (κ2) is 6.35. The van der Waals surface area contributed by atoms with E-state index in [9.17, 15) is 13.2 Å². The fourth-order valence-electron chi connectivity index (χ4n) is 3.58. The zero-order valence-corrected chi connectivity index (χ0v) is 15.9. The first-order valence-corrected chi connectivity index (χ1v) is 10.0. The second-order valence-electron chi connectivity index (χ2n) is 6.29. The van der Waals surface area contributed by atoms with Gasteiger partial charge >= 0.3 is 10.3 Å². The van der Waals surface area contributed by atoms with Crippen LogP contribution in [0.15, 0.2) is 36.4 Å². The van der Waals surface area contributed by atoms with Gasteiger partial charge in [-0.1, -0.05) is 29.8 Å². The molecule has 0 bridgehead atoms. The Morgan fingerprint density at radius 2 is 1.89 bits per heavy atom. The van der Waals surface area contributed by atoms with Crippen molar-refractivity contribution in [3.05, 3.63) is 52.5 Å². The molecule has 0 atom stereocenters. The summed E-state index contributed by atoms with van der Waals surface area (Å²) in [6.07, 6.45) is 0.629. The van der Waals surface area contributed by atoms with Crippen LogP contribution in [0, 0.1) is 0 Å². The minimum atomic E-state index is -4.47. The van der Waals surface area contributed by atoms with Gasteiger partial charge in [0.05, 0.1) is 21.9 Å². The quantitative estimate of drug-likeness (QED) is 0.443. The molecule has 0 spiro atoms. The number of nitrogens with zero attached hydrogens (tertiary/aromatic N) is 1. The Morgan fingerprint density at radius 1 is 1.19 bits per heavy atom. The number of hydrogen-bond acceptors (Lipinski definition) is 4. The van der Waals surface area contributed by atoms with Gasteiger partial charge in [-0.15, -0.1) is 0 Å². The van der Waals surface area contributed by atoms with Crippen molar-refractivity contribution < 1.29 is 17.8 Å². The molecule has 0 unspecified atom stereocenters. The van der Waals surface area contributed by atoms with E-state index in [1.165, 1.54) is 0 Å². The van der Waals surface area contributed by atoms with Gasteiger partial charge in [0, 0.05) is 16.5 Å². The smallest absolute Gasteiger partial charge is 0.319 e. The highest BCUT2D eigenvalue weighted by Crippen LogP contribution is 2.43. The first-order chi connectivity index (χ1) is 12.8. The fraction of sp³-hybridized carbons (Fsp3) is 0.167. The van der Waals surface area contributed by atoms with E-state index in [0.29, 0.717) is 29.4 Å². The number of likely N-dealkylation sites (N-methyl/N-ethyl adjacent to an activating group) is 1. The Balaban J connectivity index is 2.04. The second-order valence-corrected chi connectivity index (χ2v) is 7.85. The third-order valence-electron chi connectivity index (χ3n) is 4.64. The highest BCUT2D eigenvalue weighted by Gasteiger charge is 2.32. The van der Waals surface area contributed by atoms with Crippen LogP contribution in [0.5, 0.6) is 0 Å². The fourth-order valence-corrected chi connectivity index (χ4v) is 4.29. The summed E-state index contributed by atoms with van der Waals surface area (Å²) in [6, 6.07) is 10.5. The lowest BCUT2D eigenvalue weighted by molar-refractivity contribution is 0.0973. The molecule has 3 N–H and O–H groups in total. The maximum Gasteiger partial charge on any atom is 0.357 e. The number of benzene rings is 2. The van der Waals surface area contributed by atoms with E-state index in [1.54, 1.807) is 22.8 Å². The lowest BCUT2D eigenvalue weighted by Crippen LogP contribution is -2.11. The lowest BCUT2D eigenvalue weighted by Gasteiger charge is -2.08. The van der Waals surface area contributed by atoms with Gasteiger partial charge in [-0.2, -0.15) is 8.42 Å². The number of halogens is 1. The molecule has 0 aliphatic carbocycles. The van der Waals surface area contributed by atoms with Gasteiger partial charge in [-0.25, -0.2) is 0 Å². The van der Waals surface area contributed by atoms with E-state index < -0.39 is 10.3 Å². The summed E-state index contributed by atoms with van der Waals surface area (Å²) >= 11 is 6.21. The third kappa shape index (κ3) is 2.90. The largest absolute Gasteiger partial charge is 0.357 e. The van der Waals surface area contributed by atoms with Crippen LogP contribution in [-0.4, -0.2) is 37.0 Å². The molecule has 0 radical (unpaired) electrons. The number of carbonyl (C=O) groups excluding carboxylic acids is 1.